The van der Waals surface area contributed by atoms with Crippen LogP contribution < -0.4 is 10.6 Å². The van der Waals surface area contributed by atoms with E-state index < -0.39 is 0 Å². The Bertz CT molecular complexity index is 655. The summed E-state index contributed by atoms with van der Waals surface area (Å²) < 4.78 is 5.58. The van der Waals surface area contributed by atoms with E-state index in [0.717, 1.165) is 23.9 Å². The molecule has 0 unspecified atom stereocenters. The number of hydrogen-bond acceptors (Lipinski definition) is 6. The van der Waals surface area contributed by atoms with Gasteiger partial charge in [0.15, 0.2) is 11.0 Å². The molecular formula is C14H14N4OS. The van der Waals surface area contributed by atoms with Crippen LogP contribution in [0, 0.1) is 12.3 Å². The van der Waals surface area contributed by atoms with Crippen LogP contribution in [0.25, 0.3) is 0 Å². The maximum Gasteiger partial charge on any atom is 0.196 e. The molecule has 0 spiro atoms. The second-order valence-electron chi connectivity index (χ2n) is 4.51. The van der Waals surface area contributed by atoms with E-state index in [1.54, 1.807) is 12.5 Å². The Morgan fingerprint density at radius 3 is 2.90 bits per heavy atom. The first-order valence-electron chi connectivity index (χ1n) is 6.37. The van der Waals surface area contributed by atoms with E-state index in [1.807, 2.05) is 6.07 Å². The van der Waals surface area contributed by atoms with Crippen molar-refractivity contribution in [3.05, 3.63) is 24.1 Å². The summed E-state index contributed by atoms with van der Waals surface area (Å²) in [4.78, 5) is 11.6. The minimum atomic E-state index is 0.327. The Hall–Kier alpha value is -2.13. The maximum atomic E-state index is 5.75. The quantitative estimate of drug-likeness (QED) is 0.690. The van der Waals surface area contributed by atoms with Crippen molar-refractivity contribution in [2.75, 3.05) is 23.7 Å². The summed E-state index contributed by atoms with van der Waals surface area (Å²) >= 11 is 1.41. The second-order valence-corrected chi connectivity index (χ2v) is 5.55. The standard InChI is InChI=1S/C14H14N4OS/c1-2-10-8-16-14(17-13(10)15)20-11-7-12(19-9-11)18-5-3-4-6-18/h1,7-9H,3-6H2,(H2,15,16,17). The second kappa shape index (κ2) is 5.47. The highest BCUT2D eigenvalue weighted by Crippen LogP contribution is 2.31. The Morgan fingerprint density at radius 2 is 2.20 bits per heavy atom. The van der Waals surface area contributed by atoms with E-state index in [2.05, 4.69) is 20.8 Å². The number of hydrogen-bond donors (Lipinski definition) is 1. The van der Waals surface area contributed by atoms with Gasteiger partial charge in [-0.05, 0) is 24.6 Å². The monoisotopic (exact) mass is 286 g/mol. The topological polar surface area (TPSA) is 68.2 Å². The number of nitrogens with zero attached hydrogens (tertiary/aromatic N) is 3. The largest absolute Gasteiger partial charge is 0.448 e. The third kappa shape index (κ3) is 2.58. The van der Waals surface area contributed by atoms with E-state index in [1.165, 1.54) is 24.6 Å². The van der Waals surface area contributed by atoms with E-state index in [9.17, 15) is 0 Å². The van der Waals surface area contributed by atoms with Crippen molar-refractivity contribution in [3.8, 4) is 12.3 Å². The molecule has 1 saturated heterocycles. The number of nitrogens with two attached hydrogens (primary N) is 1. The lowest BCUT2D eigenvalue weighted by molar-refractivity contribution is 0.552. The van der Waals surface area contributed by atoms with Gasteiger partial charge >= 0.3 is 0 Å². The van der Waals surface area contributed by atoms with Crippen LogP contribution in [0.1, 0.15) is 18.4 Å². The van der Waals surface area contributed by atoms with Crippen LogP contribution in [0.5, 0.6) is 0 Å². The first kappa shape index (κ1) is 12.9. The minimum Gasteiger partial charge on any atom is -0.448 e. The Balaban J connectivity index is 1.74. The number of nitrogen functional groups attached to an aromatic ring is 1. The molecule has 0 aromatic carbocycles. The van der Waals surface area contributed by atoms with Gasteiger partial charge in [-0.1, -0.05) is 5.92 Å². The Morgan fingerprint density at radius 1 is 1.40 bits per heavy atom. The van der Waals surface area contributed by atoms with Crippen LogP contribution in [0.4, 0.5) is 11.7 Å². The third-order valence-corrected chi connectivity index (χ3v) is 3.97. The Kier molecular flexibility index (Phi) is 3.52. The first-order chi connectivity index (χ1) is 9.76. The fourth-order valence-electron chi connectivity index (χ4n) is 2.11. The molecule has 0 atom stereocenters. The van der Waals surface area contributed by atoms with Crippen molar-refractivity contribution in [3.63, 3.8) is 0 Å². The number of aromatic nitrogens is 2. The molecule has 5 nitrogen and oxygen atoms in total. The van der Waals surface area contributed by atoms with Gasteiger partial charge in [0.05, 0.1) is 10.5 Å². The van der Waals surface area contributed by atoms with Gasteiger partial charge in [0.1, 0.15) is 12.1 Å². The maximum absolute atomic E-state index is 5.75. The summed E-state index contributed by atoms with van der Waals surface area (Å²) in [7, 11) is 0. The minimum absolute atomic E-state index is 0.327. The molecule has 0 saturated carbocycles. The number of furan rings is 1. The number of anilines is 2. The SMILES string of the molecule is C#Cc1cnc(Sc2coc(N3CCCC3)c2)nc1N. The molecule has 20 heavy (non-hydrogen) atoms. The molecule has 6 heteroatoms. The molecule has 1 aliphatic rings. The normalized spacial score (nSPS) is 14.4. The van der Waals surface area contributed by atoms with Crippen LogP contribution in [0.15, 0.2) is 33.0 Å². The summed E-state index contributed by atoms with van der Waals surface area (Å²) in [5.41, 5.74) is 6.26. The van der Waals surface area contributed by atoms with Gasteiger partial charge in [-0.2, -0.15) is 0 Å². The lowest BCUT2D eigenvalue weighted by Crippen LogP contribution is -2.16. The molecule has 0 aliphatic carbocycles. The highest BCUT2D eigenvalue weighted by atomic mass is 32.2. The van der Waals surface area contributed by atoms with Crippen molar-refractivity contribution < 1.29 is 4.42 Å². The van der Waals surface area contributed by atoms with Gasteiger partial charge in [-0.15, -0.1) is 6.42 Å². The summed E-state index contributed by atoms with van der Waals surface area (Å²) in [6, 6.07) is 2.00. The molecule has 2 aromatic heterocycles. The van der Waals surface area contributed by atoms with E-state index in [0.29, 0.717) is 16.5 Å². The number of rotatable bonds is 3. The molecule has 1 aliphatic heterocycles. The highest BCUT2D eigenvalue weighted by Gasteiger charge is 2.16. The summed E-state index contributed by atoms with van der Waals surface area (Å²) in [5, 5.41) is 0.565. The lowest BCUT2D eigenvalue weighted by Gasteiger charge is -2.12. The molecule has 0 amide bonds. The van der Waals surface area contributed by atoms with Crippen LogP contribution in [-0.4, -0.2) is 23.1 Å². The van der Waals surface area contributed by atoms with Gasteiger partial charge < -0.3 is 15.1 Å². The van der Waals surface area contributed by atoms with Gasteiger partial charge in [0.25, 0.3) is 0 Å². The van der Waals surface area contributed by atoms with Crippen molar-refractivity contribution in [1.29, 1.82) is 0 Å². The van der Waals surface area contributed by atoms with Gasteiger partial charge in [-0.3, -0.25) is 0 Å². The van der Waals surface area contributed by atoms with Crippen molar-refractivity contribution in [2.45, 2.75) is 22.9 Å². The fraction of sp³-hybridized carbons (Fsp3) is 0.286. The van der Waals surface area contributed by atoms with Gasteiger partial charge in [0, 0.05) is 25.4 Å². The average molecular weight is 286 g/mol. The molecule has 2 aromatic rings. The van der Waals surface area contributed by atoms with Crippen LogP contribution in [-0.2, 0) is 0 Å². The van der Waals surface area contributed by atoms with Crippen LogP contribution in [0.2, 0.25) is 0 Å². The van der Waals surface area contributed by atoms with Gasteiger partial charge in [-0.25, -0.2) is 9.97 Å². The van der Waals surface area contributed by atoms with Crippen LogP contribution >= 0.6 is 11.8 Å². The number of terminal acetylenes is 1. The third-order valence-electron chi connectivity index (χ3n) is 3.14. The zero-order chi connectivity index (χ0) is 13.9. The molecule has 3 heterocycles. The van der Waals surface area contributed by atoms with E-state index in [4.69, 9.17) is 16.6 Å². The molecule has 0 radical (unpaired) electrons. The van der Waals surface area contributed by atoms with Gasteiger partial charge in [0.2, 0.25) is 0 Å². The zero-order valence-electron chi connectivity index (χ0n) is 10.9. The summed E-state index contributed by atoms with van der Waals surface area (Å²) in [5.74, 6) is 3.67. The summed E-state index contributed by atoms with van der Waals surface area (Å²) in [6.07, 6.45) is 11.0. The first-order valence-corrected chi connectivity index (χ1v) is 7.18. The smallest absolute Gasteiger partial charge is 0.196 e. The predicted octanol–water partition coefficient (Wildman–Crippen LogP) is 2.38. The fourth-order valence-corrected chi connectivity index (χ4v) is 2.83. The lowest BCUT2D eigenvalue weighted by atomic mass is 10.3. The Labute approximate surface area is 121 Å². The molecule has 0 bridgehead atoms. The molecule has 2 N–H and O–H groups in total. The van der Waals surface area contributed by atoms with E-state index >= 15 is 0 Å². The molecule has 1 fully saturated rings. The van der Waals surface area contributed by atoms with E-state index in [-0.39, 0.29) is 0 Å². The van der Waals surface area contributed by atoms with Crippen molar-refractivity contribution in [1.82, 2.24) is 9.97 Å². The molecule has 3 rings (SSSR count). The van der Waals surface area contributed by atoms with Crippen molar-refractivity contribution >= 4 is 23.5 Å². The van der Waals surface area contributed by atoms with Crippen molar-refractivity contribution in [2.24, 2.45) is 0 Å². The van der Waals surface area contributed by atoms with Crippen LogP contribution in [0.3, 0.4) is 0 Å². The average Bonchev–Trinajstić information content (AvgIpc) is 3.09. The predicted molar refractivity (Wildman–Crippen MR) is 78.7 cm³/mol. The summed E-state index contributed by atoms with van der Waals surface area (Å²) in [6.45, 7) is 2.11. The molecule has 102 valence electrons. The highest BCUT2D eigenvalue weighted by molar-refractivity contribution is 7.99. The molecular weight excluding hydrogens is 272 g/mol. The zero-order valence-corrected chi connectivity index (χ0v) is 11.7.